The van der Waals surface area contributed by atoms with Crippen LogP contribution in [0.3, 0.4) is 0 Å². The number of rotatable bonds is 8. The van der Waals surface area contributed by atoms with Gasteiger partial charge in [0.25, 0.3) is 0 Å². The molecule has 1 heterocycles. The van der Waals surface area contributed by atoms with Crippen molar-refractivity contribution in [2.75, 3.05) is 7.11 Å². The van der Waals surface area contributed by atoms with Crippen molar-refractivity contribution >= 4 is 0 Å². The number of ether oxygens (including phenoxy) is 1. The Hall–Kier alpha value is -2.19. The van der Waals surface area contributed by atoms with E-state index >= 15 is 0 Å². The highest BCUT2D eigenvalue weighted by molar-refractivity contribution is 5.43. The molecule has 0 aliphatic heterocycles. The Bertz CT molecular complexity index is 727. The van der Waals surface area contributed by atoms with Crippen LogP contribution in [0.25, 0.3) is 0 Å². The number of aryl methyl sites for hydroxylation is 1. The molecule has 1 unspecified atom stereocenters. The first-order valence-electron chi connectivity index (χ1n) is 9.77. The van der Waals surface area contributed by atoms with Gasteiger partial charge in [-0.15, -0.1) is 5.10 Å². The van der Waals surface area contributed by atoms with Crippen LogP contribution in [0.15, 0.2) is 18.2 Å². The molecule has 4 N–H and O–H groups in total. The van der Waals surface area contributed by atoms with E-state index in [1.165, 1.54) is 0 Å². The number of tetrazole rings is 1. The zero-order chi connectivity index (χ0) is 19.2. The van der Waals surface area contributed by atoms with Crippen molar-refractivity contribution < 1.29 is 9.84 Å². The number of nitrogens with zero attached hydrogens (tertiary/aromatic N) is 4. The maximum absolute atomic E-state index is 10.3. The van der Waals surface area contributed by atoms with Gasteiger partial charge in [-0.3, -0.25) is 0 Å². The molecule has 148 valence electrons. The summed E-state index contributed by atoms with van der Waals surface area (Å²) >= 11 is 0. The van der Waals surface area contributed by atoms with Gasteiger partial charge < -0.3 is 20.9 Å². The van der Waals surface area contributed by atoms with Crippen LogP contribution in [0.5, 0.6) is 11.5 Å². The highest BCUT2D eigenvalue weighted by atomic mass is 16.5. The Morgan fingerprint density at radius 1 is 1.33 bits per heavy atom. The minimum absolute atomic E-state index is 0.111. The first-order valence-corrected chi connectivity index (χ1v) is 9.77. The van der Waals surface area contributed by atoms with E-state index in [0.717, 1.165) is 56.5 Å². The van der Waals surface area contributed by atoms with Gasteiger partial charge >= 0.3 is 0 Å². The summed E-state index contributed by atoms with van der Waals surface area (Å²) < 4.78 is 7.04. The first-order chi connectivity index (χ1) is 13.1. The summed E-state index contributed by atoms with van der Waals surface area (Å²) in [5.41, 5.74) is 6.97. The molecule has 1 atom stereocenters. The van der Waals surface area contributed by atoms with E-state index in [2.05, 4.69) is 27.8 Å². The number of aromatic nitrogens is 4. The minimum atomic E-state index is -0.201. The number of aromatic hydroxyl groups is 1. The Kier molecular flexibility index (Phi) is 6.63. The third-order valence-electron chi connectivity index (χ3n) is 5.25. The molecule has 8 nitrogen and oxygen atoms in total. The van der Waals surface area contributed by atoms with Crippen molar-refractivity contribution in [3.05, 3.63) is 29.6 Å². The van der Waals surface area contributed by atoms with Crippen molar-refractivity contribution in [2.24, 2.45) is 5.73 Å². The van der Waals surface area contributed by atoms with Crippen LogP contribution in [-0.2, 0) is 6.54 Å². The smallest absolute Gasteiger partial charge is 0.172 e. The maximum Gasteiger partial charge on any atom is 0.172 e. The quantitative estimate of drug-likeness (QED) is 0.649. The molecule has 0 radical (unpaired) electrons. The van der Waals surface area contributed by atoms with Crippen molar-refractivity contribution in [3.63, 3.8) is 0 Å². The minimum Gasteiger partial charge on any atom is -0.504 e. The fraction of sp³-hybridized carbons (Fsp3) is 0.632. The van der Waals surface area contributed by atoms with E-state index in [9.17, 15) is 5.11 Å². The number of nitrogens with one attached hydrogen (secondary N) is 1. The van der Waals surface area contributed by atoms with Gasteiger partial charge in [0.2, 0.25) is 0 Å². The first kappa shape index (κ1) is 19.6. The molecule has 1 aliphatic rings. The molecule has 8 heteroatoms. The summed E-state index contributed by atoms with van der Waals surface area (Å²) in [6.07, 6.45) is 6.16. The molecule has 1 fully saturated rings. The Balaban J connectivity index is 1.89. The summed E-state index contributed by atoms with van der Waals surface area (Å²) in [7, 11) is 1.54. The van der Waals surface area contributed by atoms with E-state index in [0.29, 0.717) is 17.8 Å². The molecule has 27 heavy (non-hydrogen) atoms. The Morgan fingerprint density at radius 3 is 2.78 bits per heavy atom. The summed E-state index contributed by atoms with van der Waals surface area (Å²) in [6.45, 7) is 2.92. The molecular weight excluding hydrogens is 344 g/mol. The van der Waals surface area contributed by atoms with Crippen molar-refractivity contribution in [1.82, 2.24) is 25.5 Å². The number of unbranched alkanes of at least 4 members (excludes halogenated alkanes) is 1. The van der Waals surface area contributed by atoms with Crippen LogP contribution in [0.4, 0.5) is 0 Å². The standard InChI is InChI=1S/C19H30N6O2/c1-3-4-11-25-19(22-23-24-25)18(21-15-8-6-14(20)7-9-15)13-5-10-17(27-2)16(26)12-13/h5,10,12,14-15,18,21,26H,3-4,6-9,11,20H2,1-2H3. The van der Waals surface area contributed by atoms with Crippen LogP contribution in [0.1, 0.15) is 62.9 Å². The second-order valence-corrected chi connectivity index (χ2v) is 7.26. The number of phenolic OH excluding ortho intramolecular Hbond substituents is 1. The SMILES string of the molecule is CCCCn1nnnc1C(NC1CCC(N)CC1)c1ccc(OC)c(O)c1. The van der Waals surface area contributed by atoms with Crippen LogP contribution < -0.4 is 15.8 Å². The molecule has 0 amide bonds. The second-order valence-electron chi connectivity index (χ2n) is 7.26. The normalized spacial score (nSPS) is 21.1. The molecule has 1 aromatic carbocycles. The zero-order valence-corrected chi connectivity index (χ0v) is 16.1. The molecular formula is C19H30N6O2. The lowest BCUT2D eigenvalue weighted by Crippen LogP contribution is -2.40. The summed E-state index contributed by atoms with van der Waals surface area (Å²) in [5.74, 6) is 1.33. The highest BCUT2D eigenvalue weighted by Gasteiger charge is 2.27. The summed E-state index contributed by atoms with van der Waals surface area (Å²) in [6, 6.07) is 5.88. The van der Waals surface area contributed by atoms with Gasteiger partial charge in [-0.1, -0.05) is 19.4 Å². The van der Waals surface area contributed by atoms with Crippen LogP contribution >= 0.6 is 0 Å². The fourth-order valence-corrected chi connectivity index (χ4v) is 3.61. The fourth-order valence-electron chi connectivity index (χ4n) is 3.61. The number of methoxy groups -OCH3 is 1. The largest absolute Gasteiger partial charge is 0.504 e. The topological polar surface area (TPSA) is 111 Å². The third kappa shape index (κ3) is 4.75. The molecule has 1 aromatic heterocycles. The van der Waals surface area contributed by atoms with Gasteiger partial charge in [0, 0.05) is 18.6 Å². The average molecular weight is 374 g/mol. The number of hydrogen-bond donors (Lipinski definition) is 3. The molecule has 0 saturated heterocycles. The second kappa shape index (κ2) is 9.14. The lowest BCUT2D eigenvalue weighted by Gasteiger charge is -2.30. The van der Waals surface area contributed by atoms with E-state index < -0.39 is 0 Å². The van der Waals surface area contributed by atoms with Gasteiger partial charge in [0.05, 0.1) is 13.2 Å². The highest BCUT2D eigenvalue weighted by Crippen LogP contribution is 2.32. The predicted molar refractivity (Wildman–Crippen MR) is 103 cm³/mol. The predicted octanol–water partition coefficient (Wildman–Crippen LogP) is 2.14. The van der Waals surface area contributed by atoms with Gasteiger partial charge in [0.15, 0.2) is 17.3 Å². The van der Waals surface area contributed by atoms with E-state index in [4.69, 9.17) is 10.5 Å². The van der Waals surface area contributed by atoms with E-state index in [1.54, 1.807) is 19.2 Å². The summed E-state index contributed by atoms with van der Waals surface area (Å²) in [4.78, 5) is 0. The van der Waals surface area contributed by atoms with Gasteiger partial charge in [-0.05, 0) is 60.2 Å². The number of hydrogen-bond acceptors (Lipinski definition) is 7. The number of phenols is 1. The van der Waals surface area contributed by atoms with Gasteiger partial charge in [0.1, 0.15) is 0 Å². The molecule has 1 saturated carbocycles. The number of nitrogens with two attached hydrogens (primary N) is 1. The maximum atomic E-state index is 10.3. The molecule has 1 aliphatic carbocycles. The molecule has 3 rings (SSSR count). The van der Waals surface area contributed by atoms with Crippen molar-refractivity contribution in [2.45, 2.75) is 70.1 Å². The molecule has 2 aromatic rings. The van der Waals surface area contributed by atoms with Crippen LogP contribution in [-0.4, -0.2) is 44.5 Å². The van der Waals surface area contributed by atoms with Gasteiger partial charge in [-0.25, -0.2) is 4.68 Å². The Morgan fingerprint density at radius 2 is 2.11 bits per heavy atom. The average Bonchev–Trinajstić information content (AvgIpc) is 3.14. The van der Waals surface area contributed by atoms with Crippen LogP contribution in [0, 0.1) is 0 Å². The van der Waals surface area contributed by atoms with Crippen LogP contribution in [0.2, 0.25) is 0 Å². The lowest BCUT2D eigenvalue weighted by molar-refractivity contribution is 0.319. The summed E-state index contributed by atoms with van der Waals surface area (Å²) in [5, 5.41) is 26.3. The Labute approximate surface area is 160 Å². The van der Waals surface area contributed by atoms with E-state index in [1.807, 2.05) is 10.7 Å². The number of benzene rings is 1. The van der Waals surface area contributed by atoms with Crippen molar-refractivity contribution in [1.29, 1.82) is 0 Å². The lowest BCUT2D eigenvalue weighted by atomic mass is 9.90. The molecule has 0 bridgehead atoms. The molecule has 0 spiro atoms. The van der Waals surface area contributed by atoms with E-state index in [-0.39, 0.29) is 11.8 Å². The third-order valence-corrected chi connectivity index (χ3v) is 5.25. The monoisotopic (exact) mass is 374 g/mol. The van der Waals surface area contributed by atoms with Gasteiger partial charge in [-0.2, -0.15) is 0 Å². The zero-order valence-electron chi connectivity index (χ0n) is 16.1. The van der Waals surface area contributed by atoms with Crippen molar-refractivity contribution in [3.8, 4) is 11.5 Å².